The number of phenols is 1. The van der Waals surface area contributed by atoms with Crippen LogP contribution in [0.15, 0.2) is 36.4 Å². The fourth-order valence-electron chi connectivity index (χ4n) is 3.18. The smallest absolute Gasteiger partial charge is 0.289 e. The molecule has 7 heteroatoms. The second-order valence-electron chi connectivity index (χ2n) is 7.14. The van der Waals surface area contributed by atoms with Crippen molar-refractivity contribution in [2.24, 2.45) is 0 Å². The van der Waals surface area contributed by atoms with Crippen molar-refractivity contribution >= 4 is 5.91 Å². The number of amides is 1. The minimum Gasteiger partial charge on any atom is -0.508 e. The van der Waals surface area contributed by atoms with Gasteiger partial charge in [-0.25, -0.2) is 0 Å². The molecular formula is C22H26N4O3. The highest BCUT2D eigenvalue weighted by Crippen LogP contribution is 2.38. The lowest BCUT2D eigenvalue weighted by atomic mass is 9.98. The minimum absolute atomic E-state index is 0.0956. The number of nitrogens with one attached hydrogen (secondary N) is 1. The maximum absolute atomic E-state index is 12.6. The number of benzene rings is 2. The molecule has 7 nitrogen and oxygen atoms in total. The SMILES string of the molecule is CCNC(=O)c1nnc(-c2cc(C(C)C)c(O)cc2OC)n1-c1ccc(C)cc1. The molecular weight excluding hydrogens is 368 g/mol. The second-order valence-corrected chi connectivity index (χ2v) is 7.14. The normalized spacial score (nSPS) is 11.0. The van der Waals surface area contributed by atoms with Crippen molar-refractivity contribution in [3.8, 4) is 28.6 Å². The molecule has 2 aromatic carbocycles. The van der Waals surface area contributed by atoms with Gasteiger partial charge in [-0.05, 0) is 43.5 Å². The van der Waals surface area contributed by atoms with Gasteiger partial charge in [0.25, 0.3) is 5.91 Å². The quantitative estimate of drug-likeness (QED) is 0.663. The fourth-order valence-corrected chi connectivity index (χ4v) is 3.18. The maximum atomic E-state index is 12.6. The summed E-state index contributed by atoms with van der Waals surface area (Å²) >= 11 is 0. The lowest BCUT2D eigenvalue weighted by Crippen LogP contribution is -2.26. The van der Waals surface area contributed by atoms with Gasteiger partial charge in [0, 0.05) is 18.3 Å². The van der Waals surface area contributed by atoms with E-state index in [0.29, 0.717) is 23.7 Å². The Balaban J connectivity index is 2.29. The summed E-state index contributed by atoms with van der Waals surface area (Å²) in [6.07, 6.45) is 0. The van der Waals surface area contributed by atoms with E-state index in [1.807, 2.05) is 58.0 Å². The summed E-state index contributed by atoms with van der Waals surface area (Å²) in [6.45, 7) is 8.32. The molecule has 0 spiro atoms. The molecule has 0 aliphatic heterocycles. The van der Waals surface area contributed by atoms with Crippen LogP contribution in [0.3, 0.4) is 0 Å². The number of phenolic OH excluding ortho intramolecular Hbond substituents is 1. The molecule has 0 fully saturated rings. The first kappa shape index (κ1) is 20.4. The zero-order chi connectivity index (χ0) is 21.1. The van der Waals surface area contributed by atoms with Gasteiger partial charge in [0.1, 0.15) is 11.5 Å². The van der Waals surface area contributed by atoms with Crippen molar-refractivity contribution in [3.63, 3.8) is 0 Å². The average molecular weight is 394 g/mol. The van der Waals surface area contributed by atoms with Crippen LogP contribution >= 0.6 is 0 Å². The van der Waals surface area contributed by atoms with Crippen LogP contribution in [-0.4, -0.2) is 39.4 Å². The standard InChI is InChI=1S/C22H26N4O3/c1-6-23-22(28)21-25-24-20(26(21)15-9-7-14(4)8-10-15)17-11-16(13(2)3)18(27)12-19(17)29-5/h7-13,27H,6H2,1-5H3,(H,23,28). The molecule has 3 aromatic rings. The summed E-state index contributed by atoms with van der Waals surface area (Å²) in [5, 5.41) is 21.6. The Kier molecular flexibility index (Phi) is 5.87. The van der Waals surface area contributed by atoms with Gasteiger partial charge < -0.3 is 15.2 Å². The van der Waals surface area contributed by atoms with Crippen LogP contribution in [0, 0.1) is 6.92 Å². The molecule has 3 rings (SSSR count). The number of ether oxygens (including phenoxy) is 1. The molecule has 0 aliphatic rings. The summed E-state index contributed by atoms with van der Waals surface area (Å²) in [5.41, 5.74) is 3.28. The fraction of sp³-hybridized carbons (Fsp3) is 0.318. The zero-order valence-corrected chi connectivity index (χ0v) is 17.4. The number of aromatic nitrogens is 3. The first-order valence-electron chi connectivity index (χ1n) is 9.59. The van der Waals surface area contributed by atoms with Gasteiger partial charge in [0.05, 0.1) is 12.7 Å². The Morgan fingerprint density at radius 3 is 2.48 bits per heavy atom. The van der Waals surface area contributed by atoms with E-state index < -0.39 is 0 Å². The van der Waals surface area contributed by atoms with E-state index in [2.05, 4.69) is 15.5 Å². The Morgan fingerprint density at radius 1 is 1.21 bits per heavy atom. The van der Waals surface area contributed by atoms with Crippen molar-refractivity contribution in [2.45, 2.75) is 33.6 Å². The summed E-state index contributed by atoms with van der Waals surface area (Å²) in [7, 11) is 1.53. The largest absolute Gasteiger partial charge is 0.508 e. The van der Waals surface area contributed by atoms with Gasteiger partial charge in [0.2, 0.25) is 5.82 Å². The van der Waals surface area contributed by atoms with Crippen molar-refractivity contribution in [1.82, 2.24) is 20.1 Å². The monoisotopic (exact) mass is 394 g/mol. The highest BCUT2D eigenvalue weighted by Gasteiger charge is 2.24. The first-order chi connectivity index (χ1) is 13.9. The highest BCUT2D eigenvalue weighted by atomic mass is 16.5. The van der Waals surface area contributed by atoms with Crippen LogP contribution in [0.2, 0.25) is 0 Å². The number of rotatable bonds is 6. The number of aryl methyl sites for hydroxylation is 1. The predicted octanol–water partition coefficient (Wildman–Crippen LogP) is 3.83. The molecule has 152 valence electrons. The predicted molar refractivity (Wildman–Crippen MR) is 112 cm³/mol. The number of methoxy groups -OCH3 is 1. The summed E-state index contributed by atoms with van der Waals surface area (Å²) in [5.74, 6) is 1.05. The highest BCUT2D eigenvalue weighted by molar-refractivity contribution is 5.92. The van der Waals surface area contributed by atoms with Crippen molar-refractivity contribution in [1.29, 1.82) is 0 Å². The third kappa shape index (κ3) is 3.94. The van der Waals surface area contributed by atoms with Crippen molar-refractivity contribution in [2.75, 3.05) is 13.7 Å². The molecule has 1 amide bonds. The van der Waals surface area contributed by atoms with Crippen LogP contribution in [0.5, 0.6) is 11.5 Å². The molecule has 0 aliphatic carbocycles. The molecule has 2 N–H and O–H groups in total. The number of nitrogens with zero attached hydrogens (tertiary/aromatic N) is 3. The van der Waals surface area contributed by atoms with E-state index >= 15 is 0 Å². The minimum atomic E-state index is -0.311. The van der Waals surface area contributed by atoms with Gasteiger partial charge in [-0.2, -0.15) is 0 Å². The first-order valence-corrected chi connectivity index (χ1v) is 9.59. The van der Waals surface area contributed by atoms with Gasteiger partial charge >= 0.3 is 0 Å². The molecule has 0 radical (unpaired) electrons. The molecule has 0 unspecified atom stereocenters. The van der Waals surface area contributed by atoms with E-state index in [1.54, 1.807) is 10.6 Å². The second kappa shape index (κ2) is 8.34. The Morgan fingerprint density at radius 2 is 1.90 bits per heavy atom. The number of hydrogen-bond donors (Lipinski definition) is 2. The van der Waals surface area contributed by atoms with E-state index in [0.717, 1.165) is 16.8 Å². The Hall–Kier alpha value is -3.35. The third-order valence-corrected chi connectivity index (χ3v) is 4.71. The summed E-state index contributed by atoms with van der Waals surface area (Å²) in [6, 6.07) is 11.2. The zero-order valence-electron chi connectivity index (χ0n) is 17.4. The molecule has 0 saturated heterocycles. The van der Waals surface area contributed by atoms with Crippen LogP contribution in [0.1, 0.15) is 48.4 Å². The number of hydrogen-bond acceptors (Lipinski definition) is 5. The lowest BCUT2D eigenvalue weighted by Gasteiger charge is -2.16. The van der Waals surface area contributed by atoms with Crippen LogP contribution in [0.4, 0.5) is 0 Å². The summed E-state index contributed by atoms with van der Waals surface area (Å²) < 4.78 is 7.21. The number of carbonyl (C=O) groups excluding carboxylic acids is 1. The average Bonchev–Trinajstić information content (AvgIpc) is 3.13. The molecule has 0 bridgehead atoms. The molecule has 29 heavy (non-hydrogen) atoms. The van der Waals surface area contributed by atoms with Gasteiger partial charge in [-0.15, -0.1) is 10.2 Å². The van der Waals surface area contributed by atoms with Crippen molar-refractivity contribution in [3.05, 3.63) is 53.3 Å². The number of aromatic hydroxyl groups is 1. The molecule has 0 saturated carbocycles. The molecule has 0 atom stereocenters. The van der Waals surface area contributed by atoms with Crippen LogP contribution < -0.4 is 10.1 Å². The summed E-state index contributed by atoms with van der Waals surface area (Å²) in [4.78, 5) is 12.6. The van der Waals surface area contributed by atoms with Crippen LogP contribution in [-0.2, 0) is 0 Å². The third-order valence-electron chi connectivity index (χ3n) is 4.71. The van der Waals surface area contributed by atoms with Crippen LogP contribution in [0.25, 0.3) is 17.1 Å². The Labute approximate surface area is 170 Å². The Bertz CT molecular complexity index is 1020. The van der Waals surface area contributed by atoms with Crippen molar-refractivity contribution < 1.29 is 14.6 Å². The lowest BCUT2D eigenvalue weighted by molar-refractivity contribution is 0.0943. The van der Waals surface area contributed by atoms with E-state index in [9.17, 15) is 9.90 Å². The number of carbonyl (C=O) groups is 1. The van der Waals surface area contributed by atoms with Gasteiger partial charge in [-0.3, -0.25) is 9.36 Å². The molecule has 1 heterocycles. The van der Waals surface area contributed by atoms with Gasteiger partial charge in [0.15, 0.2) is 5.82 Å². The van der Waals surface area contributed by atoms with Gasteiger partial charge in [-0.1, -0.05) is 31.5 Å². The van der Waals surface area contributed by atoms with E-state index in [1.165, 1.54) is 7.11 Å². The maximum Gasteiger partial charge on any atom is 0.289 e. The topological polar surface area (TPSA) is 89.3 Å². The van der Waals surface area contributed by atoms with E-state index in [-0.39, 0.29) is 23.4 Å². The van der Waals surface area contributed by atoms with E-state index in [4.69, 9.17) is 4.74 Å². The molecule has 1 aromatic heterocycles.